The van der Waals surface area contributed by atoms with E-state index in [4.69, 9.17) is 9.47 Å². The smallest absolute Gasteiger partial charge is 0.348 e. The summed E-state index contributed by atoms with van der Waals surface area (Å²) in [6.07, 6.45) is 37.2. The number of hydrogen-bond donors (Lipinski definition) is 0. The van der Waals surface area contributed by atoms with E-state index in [0.29, 0.717) is 34.8 Å². The molecule has 0 spiro atoms. The van der Waals surface area contributed by atoms with Crippen molar-refractivity contribution in [1.82, 2.24) is 0 Å². The molecular formula is C80H102O4S8. The summed E-state index contributed by atoms with van der Waals surface area (Å²) in [5.74, 6) is 0.943. The summed E-state index contributed by atoms with van der Waals surface area (Å²) in [5, 5.41) is 5.09. The van der Waals surface area contributed by atoms with E-state index < -0.39 is 0 Å². The van der Waals surface area contributed by atoms with Crippen LogP contribution in [0.25, 0.3) is 91.9 Å². The first-order valence-electron chi connectivity index (χ1n) is 35.8. The highest BCUT2D eigenvalue weighted by molar-refractivity contribution is 7.30. The molecule has 2 unspecified atom stereocenters. The number of unbranched alkanes of at least 4 members (excludes halogenated alkanes) is 20. The Morgan fingerprint density at radius 1 is 0.337 bits per heavy atom. The Morgan fingerprint density at radius 2 is 0.652 bits per heavy atom. The summed E-state index contributed by atoms with van der Waals surface area (Å²) >= 11 is 14.8. The van der Waals surface area contributed by atoms with Crippen LogP contribution in [-0.4, -0.2) is 25.2 Å². The fourth-order valence-corrected chi connectivity index (χ4v) is 22.8. The Balaban J connectivity index is 1.04. The van der Waals surface area contributed by atoms with Crippen LogP contribution in [0.1, 0.15) is 260 Å². The van der Waals surface area contributed by atoms with E-state index in [1.165, 1.54) is 256 Å². The van der Waals surface area contributed by atoms with E-state index in [9.17, 15) is 9.59 Å². The third-order valence-corrected chi connectivity index (χ3v) is 27.9. The van der Waals surface area contributed by atoms with Gasteiger partial charge >= 0.3 is 11.9 Å². The molecule has 92 heavy (non-hydrogen) atoms. The van der Waals surface area contributed by atoms with Crippen molar-refractivity contribution in [2.45, 2.75) is 248 Å². The van der Waals surface area contributed by atoms with Crippen molar-refractivity contribution in [3.63, 3.8) is 0 Å². The Kier molecular flexibility index (Phi) is 27.6. The van der Waals surface area contributed by atoms with Crippen LogP contribution in [0.3, 0.4) is 0 Å². The molecule has 0 bridgehead atoms. The molecule has 0 radical (unpaired) electrons. The SMILES string of the molecule is CCCCCCCCCCCCOC(=O)c1ccc(-c2c3cc(-c4cc5c(-c6ccc(CC(CC)CCCC)s6)c6sc(C)cc6c(-c6ccc(CC(CC)CCCC)s6)c5s4)sc3c(-c3ccc(C(=O)OCCCCCCCCCCCC)s3)c3cc(C)sc23)s1. The molecule has 0 aliphatic carbocycles. The van der Waals surface area contributed by atoms with Gasteiger partial charge in [0.15, 0.2) is 0 Å². The summed E-state index contributed by atoms with van der Waals surface area (Å²) in [7, 11) is 0. The number of aryl methyl sites for hydroxylation is 2. The molecule has 8 aromatic heterocycles. The predicted octanol–water partition coefficient (Wildman–Crippen LogP) is 29.4. The van der Waals surface area contributed by atoms with Crippen molar-refractivity contribution in [3.8, 4) is 51.5 Å². The normalized spacial score (nSPS) is 12.7. The van der Waals surface area contributed by atoms with Crippen LogP contribution >= 0.6 is 90.7 Å². The minimum atomic E-state index is -0.230. The van der Waals surface area contributed by atoms with E-state index in [1.54, 1.807) is 22.7 Å². The summed E-state index contributed by atoms with van der Waals surface area (Å²) in [5.41, 5.74) is 5.12. The van der Waals surface area contributed by atoms with Gasteiger partial charge in [0.05, 0.1) is 13.2 Å². The van der Waals surface area contributed by atoms with Crippen LogP contribution in [0, 0.1) is 25.7 Å². The first-order chi connectivity index (χ1) is 45.0. The number of benzene rings is 2. The molecule has 10 rings (SSSR count). The molecule has 494 valence electrons. The second kappa shape index (κ2) is 35.8. The van der Waals surface area contributed by atoms with Crippen LogP contribution in [0.15, 0.2) is 72.8 Å². The quantitative estimate of drug-likeness (QED) is 0.0283. The van der Waals surface area contributed by atoms with Crippen molar-refractivity contribution in [2.24, 2.45) is 11.8 Å². The van der Waals surface area contributed by atoms with Crippen molar-refractivity contribution in [2.75, 3.05) is 13.2 Å². The van der Waals surface area contributed by atoms with E-state index in [2.05, 4.69) is 116 Å². The standard InChI is InChI=1S/C80H102O4S8/c1-9-15-19-21-23-25-27-29-31-33-45-83-79(81)67-43-41-65(89-67)72-60-48-54(8)86-76(60)74(66-42-44-68(90-66)80(82)84-46-34-32-30-28-26-24-22-20-16-10-2)62-52-70(92-78(62)72)69-51-61-73(64-40-38-58(88-64)50-56(14-6)36-18-12-4)75-59(47-53(7)85-75)71(77(61)91-69)63-39-37-57(87-63)49-55(13-5)35-17-11-3/h37-44,47-48,51-52,55-56H,9-36,45-46,49-50H2,1-8H3. The average molecular weight is 1380 g/mol. The average Bonchev–Trinajstić information content (AvgIpc) is 1.56. The van der Waals surface area contributed by atoms with Crippen LogP contribution in [0.4, 0.5) is 0 Å². The second-order valence-corrected chi connectivity index (χ2v) is 35.3. The number of esters is 2. The van der Waals surface area contributed by atoms with Gasteiger partial charge in [0.25, 0.3) is 0 Å². The number of ether oxygens (including phenoxy) is 2. The minimum Gasteiger partial charge on any atom is -0.462 e. The van der Waals surface area contributed by atoms with E-state index in [0.717, 1.165) is 48.3 Å². The van der Waals surface area contributed by atoms with E-state index >= 15 is 0 Å². The third kappa shape index (κ3) is 18.0. The lowest BCUT2D eigenvalue weighted by molar-refractivity contribution is 0.0494. The maximum Gasteiger partial charge on any atom is 0.348 e. The highest BCUT2D eigenvalue weighted by atomic mass is 32.1. The fraction of sp³-hybridized carbons (Fsp3) is 0.525. The van der Waals surface area contributed by atoms with Gasteiger partial charge in [-0.25, -0.2) is 9.59 Å². The van der Waals surface area contributed by atoms with Gasteiger partial charge in [-0.3, -0.25) is 0 Å². The lowest BCUT2D eigenvalue weighted by atomic mass is 9.95. The lowest BCUT2D eigenvalue weighted by Gasteiger charge is -2.13. The summed E-state index contributed by atoms with van der Waals surface area (Å²) in [6, 6.07) is 27.9. The molecule has 0 aliphatic rings. The Hall–Kier alpha value is -3.98. The molecule has 0 amide bonds. The molecule has 2 atom stereocenters. The first kappa shape index (κ1) is 70.8. The second-order valence-electron chi connectivity index (χ2n) is 26.1. The van der Waals surface area contributed by atoms with Gasteiger partial charge in [0.1, 0.15) is 9.75 Å². The number of carbonyl (C=O) groups is 2. The zero-order valence-electron chi connectivity index (χ0n) is 56.6. The number of fused-ring (bicyclic) bond motifs is 4. The Labute approximate surface area is 583 Å². The molecule has 0 saturated heterocycles. The van der Waals surface area contributed by atoms with Crippen LogP contribution in [0.5, 0.6) is 0 Å². The first-order valence-corrected chi connectivity index (χ1v) is 42.3. The fourth-order valence-electron chi connectivity index (χ4n) is 13.5. The van der Waals surface area contributed by atoms with Crippen molar-refractivity contribution in [1.29, 1.82) is 0 Å². The van der Waals surface area contributed by atoms with Crippen molar-refractivity contribution < 1.29 is 19.1 Å². The lowest BCUT2D eigenvalue weighted by Crippen LogP contribution is -2.04. The third-order valence-electron chi connectivity index (χ3n) is 18.9. The van der Waals surface area contributed by atoms with Gasteiger partial charge in [0, 0.05) is 111 Å². The molecular weight excluding hydrogens is 1280 g/mol. The maximum absolute atomic E-state index is 13.9. The van der Waals surface area contributed by atoms with Gasteiger partial charge in [-0.1, -0.05) is 208 Å². The molecule has 8 heterocycles. The molecule has 10 aromatic rings. The number of carbonyl (C=O) groups excluding carboxylic acids is 2. The van der Waals surface area contributed by atoms with E-state index in [1.807, 2.05) is 80.2 Å². The number of thiophene rings is 8. The summed E-state index contributed by atoms with van der Waals surface area (Å²) in [4.78, 5) is 42.1. The van der Waals surface area contributed by atoms with Crippen LogP contribution < -0.4 is 0 Å². The highest BCUT2D eigenvalue weighted by Gasteiger charge is 2.28. The zero-order valence-corrected chi connectivity index (χ0v) is 63.1. The largest absolute Gasteiger partial charge is 0.462 e. The monoisotopic (exact) mass is 1380 g/mol. The molecule has 4 nitrogen and oxygen atoms in total. The van der Waals surface area contributed by atoms with Gasteiger partial charge in [-0.2, -0.15) is 0 Å². The molecule has 0 N–H and O–H groups in total. The highest BCUT2D eigenvalue weighted by Crippen LogP contribution is 2.57. The van der Waals surface area contributed by atoms with Gasteiger partial charge in [-0.15, -0.1) is 90.7 Å². The van der Waals surface area contributed by atoms with Crippen molar-refractivity contribution in [3.05, 3.63) is 102 Å². The maximum atomic E-state index is 13.9. The summed E-state index contributed by atoms with van der Waals surface area (Å²) < 4.78 is 17.2. The topological polar surface area (TPSA) is 52.6 Å². The van der Waals surface area contributed by atoms with Crippen LogP contribution in [0.2, 0.25) is 0 Å². The van der Waals surface area contributed by atoms with Crippen molar-refractivity contribution >= 4 is 143 Å². The number of rotatable bonds is 41. The Morgan fingerprint density at radius 3 is 1.01 bits per heavy atom. The predicted molar refractivity (Wildman–Crippen MR) is 414 cm³/mol. The Bertz CT molecular complexity index is 3690. The van der Waals surface area contributed by atoms with Gasteiger partial charge in [-0.05, 0) is 124 Å². The molecule has 0 aliphatic heterocycles. The molecule has 0 saturated carbocycles. The molecule has 0 fully saturated rings. The minimum absolute atomic E-state index is 0.230. The van der Waals surface area contributed by atoms with Gasteiger partial charge < -0.3 is 9.47 Å². The molecule has 12 heteroatoms. The number of hydrogen-bond acceptors (Lipinski definition) is 12. The van der Waals surface area contributed by atoms with Crippen LogP contribution in [-0.2, 0) is 22.3 Å². The van der Waals surface area contributed by atoms with E-state index in [-0.39, 0.29) is 11.9 Å². The zero-order chi connectivity index (χ0) is 64.3. The summed E-state index contributed by atoms with van der Waals surface area (Å²) in [6.45, 7) is 19.3. The molecule has 2 aromatic carbocycles. The van der Waals surface area contributed by atoms with Gasteiger partial charge in [0.2, 0.25) is 0 Å².